The lowest BCUT2D eigenvalue weighted by atomic mass is 10.1. The summed E-state index contributed by atoms with van der Waals surface area (Å²) in [6.45, 7) is 0. The summed E-state index contributed by atoms with van der Waals surface area (Å²) in [4.78, 5) is 8.71. The second-order valence-electron chi connectivity index (χ2n) is 7.00. The van der Waals surface area contributed by atoms with Crippen molar-refractivity contribution in [1.29, 1.82) is 0 Å². The molecule has 0 saturated carbocycles. The SMILES string of the molecule is NC(=Nc1ccc(Cl)c2ccccc12)N/N=C/C=N/NC(N)=Nc1ccc(Cl)c2ccccc12. The Morgan fingerprint density at radius 1 is 0.588 bits per heavy atom. The van der Waals surface area contributed by atoms with E-state index in [0.29, 0.717) is 21.4 Å². The van der Waals surface area contributed by atoms with E-state index in [9.17, 15) is 0 Å². The highest BCUT2D eigenvalue weighted by molar-refractivity contribution is 6.36. The average Bonchev–Trinajstić information content (AvgIpc) is 2.85. The van der Waals surface area contributed by atoms with Gasteiger partial charge in [-0.2, -0.15) is 10.2 Å². The largest absolute Gasteiger partial charge is 0.368 e. The molecule has 0 heterocycles. The first kappa shape index (κ1) is 23.0. The van der Waals surface area contributed by atoms with E-state index in [0.717, 1.165) is 21.5 Å². The quantitative estimate of drug-likeness (QED) is 0.177. The Labute approximate surface area is 205 Å². The van der Waals surface area contributed by atoms with Crippen molar-refractivity contribution in [2.75, 3.05) is 0 Å². The summed E-state index contributed by atoms with van der Waals surface area (Å²) in [6, 6.07) is 22.5. The lowest BCUT2D eigenvalue weighted by Gasteiger charge is -2.05. The molecular weight excluding hydrogens is 471 g/mol. The highest BCUT2D eigenvalue weighted by Gasteiger charge is 2.05. The monoisotopic (exact) mass is 490 g/mol. The molecular formula is C24H20Cl2N8. The zero-order valence-corrected chi connectivity index (χ0v) is 19.3. The Kier molecular flexibility index (Phi) is 7.22. The maximum Gasteiger partial charge on any atom is 0.214 e. The van der Waals surface area contributed by atoms with Gasteiger partial charge in [0, 0.05) is 31.6 Å². The van der Waals surface area contributed by atoms with Crippen LogP contribution in [0.1, 0.15) is 0 Å². The van der Waals surface area contributed by atoms with E-state index in [4.69, 9.17) is 34.7 Å². The third-order valence-electron chi connectivity index (χ3n) is 4.75. The van der Waals surface area contributed by atoms with Gasteiger partial charge in [-0.15, -0.1) is 0 Å². The summed E-state index contributed by atoms with van der Waals surface area (Å²) in [5.74, 6) is 0.224. The molecule has 0 unspecified atom stereocenters. The van der Waals surface area contributed by atoms with Crippen LogP contribution in [-0.4, -0.2) is 24.3 Å². The van der Waals surface area contributed by atoms with E-state index in [1.165, 1.54) is 12.4 Å². The summed E-state index contributed by atoms with van der Waals surface area (Å²) in [6.07, 6.45) is 2.78. The third kappa shape index (κ3) is 5.43. The van der Waals surface area contributed by atoms with Gasteiger partial charge in [-0.1, -0.05) is 71.7 Å². The third-order valence-corrected chi connectivity index (χ3v) is 5.41. The molecule has 0 aromatic heterocycles. The molecule has 0 radical (unpaired) electrons. The van der Waals surface area contributed by atoms with Crippen LogP contribution in [0.2, 0.25) is 10.0 Å². The van der Waals surface area contributed by atoms with Gasteiger partial charge in [-0.05, 0) is 24.3 Å². The number of hydrogen-bond acceptors (Lipinski definition) is 4. The second-order valence-corrected chi connectivity index (χ2v) is 7.81. The minimum atomic E-state index is 0.112. The van der Waals surface area contributed by atoms with Gasteiger partial charge in [0.25, 0.3) is 0 Å². The molecule has 10 heteroatoms. The topological polar surface area (TPSA) is 126 Å². The summed E-state index contributed by atoms with van der Waals surface area (Å²) in [7, 11) is 0. The van der Waals surface area contributed by atoms with Gasteiger partial charge in [-0.25, -0.2) is 20.8 Å². The van der Waals surface area contributed by atoms with Crippen molar-refractivity contribution in [3.63, 3.8) is 0 Å². The van der Waals surface area contributed by atoms with Crippen LogP contribution < -0.4 is 22.3 Å². The number of aliphatic imine (C=N–C) groups is 2. The Morgan fingerprint density at radius 3 is 1.38 bits per heavy atom. The molecule has 4 rings (SSSR count). The van der Waals surface area contributed by atoms with Crippen LogP contribution in [0.5, 0.6) is 0 Å². The number of hydrogen-bond donors (Lipinski definition) is 4. The molecule has 6 N–H and O–H groups in total. The average molecular weight is 491 g/mol. The molecule has 0 atom stereocenters. The molecule has 34 heavy (non-hydrogen) atoms. The highest BCUT2D eigenvalue weighted by atomic mass is 35.5. The first-order valence-corrected chi connectivity index (χ1v) is 10.9. The van der Waals surface area contributed by atoms with Gasteiger partial charge in [0.2, 0.25) is 11.9 Å². The lowest BCUT2D eigenvalue weighted by Crippen LogP contribution is -2.27. The molecule has 4 aromatic carbocycles. The van der Waals surface area contributed by atoms with E-state index in [2.05, 4.69) is 31.0 Å². The van der Waals surface area contributed by atoms with Crippen LogP contribution in [0.4, 0.5) is 11.4 Å². The number of nitrogens with one attached hydrogen (secondary N) is 2. The van der Waals surface area contributed by atoms with Crippen molar-refractivity contribution in [3.8, 4) is 0 Å². The standard InChI is InChI=1S/C24H20Cl2N8/c25-19-9-11-21(17-7-3-1-5-15(17)19)31-23(27)33-29-13-14-30-34-24(28)32-22-12-10-20(26)16-6-2-4-8-18(16)22/h1-14H,(H3,27,31,33)(H3,28,32,34)/b29-13+,30-14+. The lowest BCUT2D eigenvalue weighted by molar-refractivity contribution is 1.01. The van der Waals surface area contributed by atoms with E-state index < -0.39 is 0 Å². The minimum absolute atomic E-state index is 0.112. The molecule has 0 aliphatic carbocycles. The predicted octanol–water partition coefficient (Wildman–Crippen LogP) is 5.04. The van der Waals surface area contributed by atoms with E-state index >= 15 is 0 Å². The fourth-order valence-corrected chi connectivity index (χ4v) is 3.73. The number of guanidine groups is 2. The van der Waals surface area contributed by atoms with Crippen LogP contribution in [0.25, 0.3) is 21.5 Å². The van der Waals surface area contributed by atoms with Crippen molar-refractivity contribution >= 4 is 80.5 Å². The Morgan fingerprint density at radius 2 is 0.971 bits per heavy atom. The van der Waals surface area contributed by atoms with Gasteiger partial charge < -0.3 is 11.5 Å². The number of halogens is 2. The Hall–Kier alpha value is -4.14. The fourth-order valence-electron chi connectivity index (χ4n) is 3.27. The first-order chi connectivity index (χ1) is 16.5. The van der Waals surface area contributed by atoms with E-state index in [-0.39, 0.29) is 11.9 Å². The number of fused-ring (bicyclic) bond motifs is 2. The van der Waals surface area contributed by atoms with Crippen LogP contribution in [0.15, 0.2) is 93.0 Å². The van der Waals surface area contributed by atoms with Crippen molar-refractivity contribution in [3.05, 3.63) is 82.8 Å². The van der Waals surface area contributed by atoms with Gasteiger partial charge >= 0.3 is 0 Å². The molecule has 4 aromatic rings. The predicted molar refractivity (Wildman–Crippen MR) is 144 cm³/mol. The molecule has 0 fully saturated rings. The number of hydrazone groups is 2. The number of benzene rings is 4. The molecule has 0 aliphatic rings. The summed E-state index contributed by atoms with van der Waals surface area (Å²) in [5, 5.41) is 12.8. The minimum Gasteiger partial charge on any atom is -0.368 e. The number of rotatable bonds is 5. The molecule has 0 spiro atoms. The van der Waals surface area contributed by atoms with Crippen LogP contribution >= 0.6 is 23.2 Å². The molecule has 0 amide bonds. The Balaban J connectivity index is 1.36. The fraction of sp³-hybridized carbons (Fsp3) is 0. The number of nitrogens with two attached hydrogens (primary N) is 2. The summed E-state index contributed by atoms with van der Waals surface area (Å²) < 4.78 is 0. The van der Waals surface area contributed by atoms with Crippen molar-refractivity contribution in [2.24, 2.45) is 31.7 Å². The van der Waals surface area contributed by atoms with Gasteiger partial charge in [0.15, 0.2) is 0 Å². The zero-order valence-electron chi connectivity index (χ0n) is 17.8. The first-order valence-electron chi connectivity index (χ1n) is 10.1. The molecule has 0 saturated heterocycles. The molecule has 170 valence electrons. The summed E-state index contributed by atoms with van der Waals surface area (Å²) in [5.41, 5.74) is 18.5. The van der Waals surface area contributed by atoms with Gasteiger partial charge in [-0.3, -0.25) is 0 Å². The second kappa shape index (κ2) is 10.7. The molecule has 0 aliphatic heterocycles. The van der Waals surface area contributed by atoms with Crippen molar-refractivity contribution < 1.29 is 0 Å². The zero-order chi connectivity index (χ0) is 23.9. The smallest absolute Gasteiger partial charge is 0.214 e. The van der Waals surface area contributed by atoms with Crippen molar-refractivity contribution in [2.45, 2.75) is 0 Å². The normalized spacial score (nSPS) is 12.8. The van der Waals surface area contributed by atoms with E-state index in [1.807, 2.05) is 48.5 Å². The molecule has 8 nitrogen and oxygen atoms in total. The highest BCUT2D eigenvalue weighted by Crippen LogP contribution is 2.32. The number of nitrogens with zero attached hydrogens (tertiary/aromatic N) is 4. The molecule has 0 bridgehead atoms. The Bertz CT molecular complexity index is 1350. The van der Waals surface area contributed by atoms with Crippen LogP contribution in [0, 0.1) is 0 Å². The van der Waals surface area contributed by atoms with Gasteiger partial charge in [0.05, 0.1) is 23.8 Å². The van der Waals surface area contributed by atoms with Crippen LogP contribution in [0.3, 0.4) is 0 Å². The maximum absolute atomic E-state index is 6.24. The van der Waals surface area contributed by atoms with Crippen LogP contribution in [-0.2, 0) is 0 Å². The maximum atomic E-state index is 6.24. The van der Waals surface area contributed by atoms with Crippen molar-refractivity contribution in [1.82, 2.24) is 10.9 Å². The van der Waals surface area contributed by atoms with Gasteiger partial charge in [0.1, 0.15) is 0 Å². The van der Waals surface area contributed by atoms with E-state index in [1.54, 1.807) is 24.3 Å². The summed E-state index contributed by atoms with van der Waals surface area (Å²) >= 11 is 12.5.